The number of benzene rings is 1. The number of carbonyl (C=O) groups is 2. The van der Waals surface area contributed by atoms with E-state index in [1.54, 1.807) is 0 Å². The highest BCUT2D eigenvalue weighted by Crippen LogP contribution is 2.31. The van der Waals surface area contributed by atoms with Gasteiger partial charge in [-0.25, -0.2) is 0 Å². The lowest BCUT2D eigenvalue weighted by molar-refractivity contribution is -0.137. The largest absolute Gasteiger partial charge is 0.343 e. The second-order valence-electron chi connectivity index (χ2n) is 7.01. The van der Waals surface area contributed by atoms with Crippen LogP contribution in [0.2, 0.25) is 0 Å². The Bertz CT molecular complexity index is 600. The van der Waals surface area contributed by atoms with Gasteiger partial charge in [-0.2, -0.15) is 0 Å². The second kappa shape index (κ2) is 9.02. The van der Waals surface area contributed by atoms with Crippen LogP contribution in [0.1, 0.15) is 57.6 Å². The number of rotatable bonds is 6. The van der Waals surface area contributed by atoms with Crippen molar-refractivity contribution >= 4 is 17.5 Å². The fraction of sp³-hybridized carbons (Fsp3) is 0.619. The summed E-state index contributed by atoms with van der Waals surface area (Å²) in [4.78, 5) is 27.1. The zero-order valence-electron chi connectivity index (χ0n) is 16.1. The third-order valence-electron chi connectivity index (χ3n) is 5.51. The van der Waals surface area contributed by atoms with E-state index in [9.17, 15) is 9.59 Å². The molecule has 0 bridgehead atoms. The van der Waals surface area contributed by atoms with Gasteiger partial charge < -0.3 is 10.2 Å². The van der Waals surface area contributed by atoms with Crippen LogP contribution >= 0.6 is 0 Å². The number of amides is 2. The molecule has 2 rings (SSSR count). The molecule has 1 aromatic carbocycles. The molecule has 4 nitrogen and oxygen atoms in total. The van der Waals surface area contributed by atoms with E-state index in [2.05, 4.69) is 18.3 Å². The van der Waals surface area contributed by atoms with E-state index >= 15 is 0 Å². The first-order valence-electron chi connectivity index (χ1n) is 9.69. The van der Waals surface area contributed by atoms with Crippen molar-refractivity contribution in [2.75, 3.05) is 18.4 Å². The van der Waals surface area contributed by atoms with Crippen molar-refractivity contribution in [1.82, 2.24) is 4.90 Å². The number of nitrogens with zero attached hydrogens (tertiary/aromatic N) is 1. The topological polar surface area (TPSA) is 49.4 Å². The summed E-state index contributed by atoms with van der Waals surface area (Å²) in [5.74, 6) is 0.479. The van der Waals surface area contributed by atoms with Crippen LogP contribution in [0.25, 0.3) is 0 Å². The molecule has 0 radical (unpaired) electrons. The van der Waals surface area contributed by atoms with Gasteiger partial charge in [0.25, 0.3) is 0 Å². The van der Waals surface area contributed by atoms with Crippen LogP contribution in [-0.4, -0.2) is 29.8 Å². The van der Waals surface area contributed by atoms with Crippen molar-refractivity contribution in [3.63, 3.8) is 0 Å². The minimum atomic E-state index is 0.0186. The van der Waals surface area contributed by atoms with Crippen molar-refractivity contribution in [3.8, 4) is 0 Å². The first-order valence-corrected chi connectivity index (χ1v) is 9.69. The van der Waals surface area contributed by atoms with Crippen molar-refractivity contribution in [3.05, 3.63) is 29.3 Å². The molecule has 1 aliphatic rings. The molecule has 1 N–H and O–H groups in total. The average molecular weight is 344 g/mol. The Hall–Kier alpha value is -1.84. The van der Waals surface area contributed by atoms with Crippen molar-refractivity contribution in [2.45, 2.75) is 59.8 Å². The standard InChI is InChI=1S/C21H32N2O2/c1-5-16-10-8-9-15(4)19(16)22-20(24)17-11-13-18(14-12-17)21(25)23(6-2)7-3/h8-10,17-18H,5-7,11-14H2,1-4H3,(H,22,24). The van der Waals surface area contributed by atoms with Gasteiger partial charge in [0.2, 0.25) is 11.8 Å². The molecule has 1 aliphatic carbocycles. The fourth-order valence-electron chi connectivity index (χ4n) is 3.82. The van der Waals surface area contributed by atoms with E-state index in [0.29, 0.717) is 0 Å². The highest BCUT2D eigenvalue weighted by Gasteiger charge is 2.31. The van der Waals surface area contributed by atoms with E-state index < -0.39 is 0 Å². The summed E-state index contributed by atoms with van der Waals surface area (Å²) in [5, 5.41) is 3.15. The molecule has 0 aromatic heterocycles. The molecule has 0 aliphatic heterocycles. The molecule has 0 unspecified atom stereocenters. The molecule has 138 valence electrons. The number of hydrogen-bond donors (Lipinski definition) is 1. The third-order valence-corrected chi connectivity index (χ3v) is 5.51. The van der Waals surface area contributed by atoms with Crippen LogP contribution in [0.4, 0.5) is 5.69 Å². The molecule has 1 fully saturated rings. The summed E-state index contributed by atoms with van der Waals surface area (Å²) >= 11 is 0. The minimum Gasteiger partial charge on any atom is -0.343 e. The van der Waals surface area contributed by atoms with Gasteiger partial charge in [-0.15, -0.1) is 0 Å². The van der Waals surface area contributed by atoms with E-state index in [-0.39, 0.29) is 23.7 Å². The van der Waals surface area contributed by atoms with Gasteiger partial charge in [-0.1, -0.05) is 25.1 Å². The zero-order chi connectivity index (χ0) is 18.4. The van der Waals surface area contributed by atoms with Gasteiger partial charge in [-0.3, -0.25) is 9.59 Å². The van der Waals surface area contributed by atoms with Crippen molar-refractivity contribution in [1.29, 1.82) is 0 Å². The maximum Gasteiger partial charge on any atom is 0.227 e. The lowest BCUT2D eigenvalue weighted by atomic mass is 9.80. The van der Waals surface area contributed by atoms with E-state index in [0.717, 1.165) is 56.4 Å². The Morgan fingerprint density at radius 2 is 1.64 bits per heavy atom. The average Bonchev–Trinajstić information content (AvgIpc) is 2.64. The fourth-order valence-corrected chi connectivity index (χ4v) is 3.82. The highest BCUT2D eigenvalue weighted by molar-refractivity contribution is 5.94. The number of anilines is 1. The van der Waals surface area contributed by atoms with Crippen LogP contribution < -0.4 is 5.32 Å². The van der Waals surface area contributed by atoms with Gasteiger partial charge in [0, 0.05) is 30.6 Å². The van der Waals surface area contributed by atoms with Crippen LogP contribution in [0.15, 0.2) is 18.2 Å². The molecule has 0 atom stereocenters. The maximum absolute atomic E-state index is 12.7. The Morgan fingerprint density at radius 3 is 2.20 bits per heavy atom. The lowest BCUT2D eigenvalue weighted by Crippen LogP contribution is -2.38. The molecule has 2 amide bonds. The SMILES string of the molecule is CCc1cccc(C)c1NC(=O)C1CCC(C(=O)N(CC)CC)CC1. The molecule has 0 saturated heterocycles. The summed E-state index contributed by atoms with van der Waals surface area (Å²) < 4.78 is 0. The molecule has 4 heteroatoms. The number of aryl methyl sites for hydroxylation is 2. The smallest absolute Gasteiger partial charge is 0.227 e. The number of carbonyl (C=O) groups excluding carboxylic acids is 2. The highest BCUT2D eigenvalue weighted by atomic mass is 16.2. The molecular weight excluding hydrogens is 312 g/mol. The summed E-state index contributed by atoms with van der Waals surface area (Å²) in [6.07, 6.45) is 4.15. The maximum atomic E-state index is 12.7. The monoisotopic (exact) mass is 344 g/mol. The summed E-state index contributed by atoms with van der Waals surface area (Å²) in [6, 6.07) is 6.14. The Labute approximate surface area is 152 Å². The first-order chi connectivity index (χ1) is 12.0. The van der Waals surface area contributed by atoms with Crippen molar-refractivity contribution in [2.24, 2.45) is 11.8 Å². The predicted octanol–water partition coefficient (Wildman–Crippen LogP) is 4.17. The molecular formula is C21H32N2O2. The van der Waals surface area contributed by atoms with E-state index in [1.807, 2.05) is 37.8 Å². The third kappa shape index (κ3) is 4.62. The number of nitrogens with one attached hydrogen (secondary N) is 1. The summed E-state index contributed by atoms with van der Waals surface area (Å²) in [5.41, 5.74) is 3.26. The first kappa shape index (κ1) is 19.5. The quantitative estimate of drug-likeness (QED) is 0.842. The predicted molar refractivity (Wildman–Crippen MR) is 103 cm³/mol. The normalized spacial score (nSPS) is 20.2. The zero-order valence-corrected chi connectivity index (χ0v) is 16.1. The summed E-state index contributed by atoms with van der Waals surface area (Å²) in [6.45, 7) is 9.72. The Kier molecular flexibility index (Phi) is 7.03. The Morgan fingerprint density at radius 1 is 1.04 bits per heavy atom. The van der Waals surface area contributed by atoms with Crippen LogP contribution in [0.5, 0.6) is 0 Å². The van der Waals surface area contributed by atoms with Gasteiger partial charge in [-0.05, 0) is 64.0 Å². The van der Waals surface area contributed by atoms with Crippen molar-refractivity contribution < 1.29 is 9.59 Å². The van der Waals surface area contributed by atoms with Crippen LogP contribution in [-0.2, 0) is 16.0 Å². The van der Waals surface area contributed by atoms with Gasteiger partial charge in [0.05, 0.1) is 0 Å². The van der Waals surface area contributed by atoms with E-state index in [4.69, 9.17) is 0 Å². The second-order valence-corrected chi connectivity index (χ2v) is 7.01. The molecule has 25 heavy (non-hydrogen) atoms. The van der Waals surface area contributed by atoms with Gasteiger partial charge in [0.15, 0.2) is 0 Å². The lowest BCUT2D eigenvalue weighted by Gasteiger charge is -2.31. The van der Waals surface area contributed by atoms with E-state index in [1.165, 1.54) is 5.56 Å². The van der Waals surface area contributed by atoms with Crippen LogP contribution in [0, 0.1) is 18.8 Å². The molecule has 0 spiro atoms. The van der Waals surface area contributed by atoms with Crippen LogP contribution in [0.3, 0.4) is 0 Å². The Balaban J connectivity index is 1.95. The molecule has 1 saturated carbocycles. The number of hydrogen-bond acceptors (Lipinski definition) is 2. The van der Waals surface area contributed by atoms with Gasteiger partial charge >= 0.3 is 0 Å². The minimum absolute atomic E-state index is 0.0186. The summed E-state index contributed by atoms with van der Waals surface area (Å²) in [7, 11) is 0. The molecule has 0 heterocycles. The van der Waals surface area contributed by atoms with Gasteiger partial charge in [0.1, 0.15) is 0 Å². The number of para-hydroxylation sites is 1. The molecule has 1 aromatic rings.